The second-order valence-electron chi connectivity index (χ2n) is 3.50. The number of nitrogens with zero attached hydrogens (tertiary/aromatic N) is 1. The van der Waals surface area contributed by atoms with E-state index in [0.29, 0.717) is 12.6 Å². The molecule has 0 aliphatic heterocycles. The fourth-order valence-corrected chi connectivity index (χ4v) is 1.03. The lowest BCUT2D eigenvalue weighted by atomic mass is 10.3. The Morgan fingerprint density at radius 2 is 1.94 bits per heavy atom. The molecule has 3 amide bonds. The average molecular weight is 240 g/mol. The molecule has 6 nitrogen and oxygen atoms in total. The maximum atomic E-state index is 11.6. The zero-order valence-electron chi connectivity index (χ0n) is 9.84. The van der Waals surface area contributed by atoms with E-state index in [-0.39, 0.29) is 6.04 Å². The summed E-state index contributed by atoms with van der Waals surface area (Å²) in [6, 6.07) is -0.677. The lowest BCUT2D eigenvalue weighted by molar-refractivity contribution is -0.131. The van der Waals surface area contributed by atoms with Gasteiger partial charge in [-0.2, -0.15) is 0 Å². The maximum absolute atomic E-state index is 11.6. The predicted octanol–water partition coefficient (Wildman–Crippen LogP) is 0.760. The van der Waals surface area contributed by atoms with Gasteiger partial charge < -0.3 is 10.0 Å². The first kappa shape index (κ1) is 14.9. The van der Waals surface area contributed by atoms with Crippen molar-refractivity contribution in [2.45, 2.75) is 19.9 Å². The highest BCUT2D eigenvalue weighted by Gasteiger charge is 2.16. The Labute approximate surface area is 99.6 Å². The summed E-state index contributed by atoms with van der Waals surface area (Å²) in [5, 5.41) is 10.4. The molecule has 0 aromatic carbocycles. The number of nitrogens with one attached hydrogen (secondary N) is 1. The minimum atomic E-state index is -1.25. The van der Waals surface area contributed by atoms with Gasteiger partial charge >= 0.3 is 12.0 Å². The van der Waals surface area contributed by atoms with Crippen LogP contribution in [0.5, 0.6) is 0 Å². The zero-order chi connectivity index (χ0) is 13.4. The standard InChI is InChI=1S/C11H16N2O4/c1-4-7-13(8(2)3)11(17)12-9(14)5-6-10(15)16/h4-6,8H,1,7H2,2-3H3,(H,15,16)(H,12,14,17)/b6-5+. The monoisotopic (exact) mass is 240 g/mol. The number of imide groups is 1. The van der Waals surface area contributed by atoms with Gasteiger partial charge in [0.15, 0.2) is 0 Å². The Morgan fingerprint density at radius 3 is 2.35 bits per heavy atom. The normalized spacial score (nSPS) is 10.3. The molecule has 0 fully saturated rings. The highest BCUT2D eigenvalue weighted by molar-refractivity contribution is 6.02. The van der Waals surface area contributed by atoms with Crippen LogP contribution >= 0.6 is 0 Å². The quantitative estimate of drug-likeness (QED) is 0.548. The zero-order valence-corrected chi connectivity index (χ0v) is 9.84. The van der Waals surface area contributed by atoms with Crippen LogP contribution in [0.2, 0.25) is 0 Å². The highest BCUT2D eigenvalue weighted by Crippen LogP contribution is 1.98. The van der Waals surface area contributed by atoms with Crippen molar-refractivity contribution in [1.29, 1.82) is 0 Å². The van der Waals surface area contributed by atoms with Gasteiger partial charge in [0.05, 0.1) is 0 Å². The summed E-state index contributed by atoms with van der Waals surface area (Å²) in [6.07, 6.45) is 2.99. The van der Waals surface area contributed by atoms with Gasteiger partial charge in [-0.05, 0) is 13.8 Å². The van der Waals surface area contributed by atoms with Gasteiger partial charge in [0, 0.05) is 24.7 Å². The summed E-state index contributed by atoms with van der Waals surface area (Å²) >= 11 is 0. The Morgan fingerprint density at radius 1 is 1.35 bits per heavy atom. The van der Waals surface area contributed by atoms with Crippen molar-refractivity contribution < 1.29 is 19.5 Å². The largest absolute Gasteiger partial charge is 0.478 e. The Bertz CT molecular complexity index is 347. The molecule has 6 heteroatoms. The van der Waals surface area contributed by atoms with Crippen LogP contribution in [0.15, 0.2) is 24.8 Å². The van der Waals surface area contributed by atoms with E-state index < -0.39 is 17.9 Å². The smallest absolute Gasteiger partial charge is 0.328 e. The summed E-state index contributed by atoms with van der Waals surface area (Å²) in [6.45, 7) is 7.40. The van der Waals surface area contributed by atoms with E-state index in [1.165, 1.54) is 11.0 Å². The molecule has 0 radical (unpaired) electrons. The van der Waals surface area contributed by atoms with E-state index in [1.54, 1.807) is 13.8 Å². The van der Waals surface area contributed by atoms with Crippen LogP contribution in [0.1, 0.15) is 13.8 Å². The van der Waals surface area contributed by atoms with E-state index in [0.717, 1.165) is 6.08 Å². The molecule has 94 valence electrons. The SMILES string of the molecule is C=CCN(C(=O)NC(=O)/C=C/C(=O)O)C(C)C. The molecular weight excluding hydrogens is 224 g/mol. The topological polar surface area (TPSA) is 86.7 Å². The Kier molecular flexibility index (Phi) is 6.32. The lowest BCUT2D eigenvalue weighted by Crippen LogP contribution is -2.45. The van der Waals surface area contributed by atoms with Gasteiger partial charge in [0.1, 0.15) is 0 Å². The van der Waals surface area contributed by atoms with Crippen LogP contribution in [0, 0.1) is 0 Å². The van der Waals surface area contributed by atoms with Crippen molar-refractivity contribution in [3.8, 4) is 0 Å². The molecule has 0 heterocycles. The summed E-state index contributed by atoms with van der Waals surface area (Å²) in [5.41, 5.74) is 0. The number of amides is 3. The molecule has 0 aromatic rings. The number of rotatable bonds is 5. The number of aliphatic carboxylic acids is 1. The highest BCUT2D eigenvalue weighted by atomic mass is 16.4. The number of hydrogen-bond donors (Lipinski definition) is 2. The molecular formula is C11H16N2O4. The molecule has 0 saturated carbocycles. The summed E-state index contributed by atoms with van der Waals surface area (Å²) in [4.78, 5) is 34.3. The molecule has 0 atom stereocenters. The van der Waals surface area contributed by atoms with E-state index in [1.807, 2.05) is 0 Å². The molecule has 0 rings (SSSR count). The van der Waals surface area contributed by atoms with Crippen molar-refractivity contribution >= 4 is 17.9 Å². The second kappa shape index (κ2) is 7.21. The minimum absolute atomic E-state index is 0.0933. The first-order chi connectivity index (χ1) is 7.88. The molecule has 17 heavy (non-hydrogen) atoms. The van der Waals surface area contributed by atoms with Crippen LogP contribution in [0.4, 0.5) is 4.79 Å². The average Bonchev–Trinajstić information content (AvgIpc) is 2.22. The van der Waals surface area contributed by atoms with Crippen molar-refractivity contribution in [3.05, 3.63) is 24.8 Å². The van der Waals surface area contributed by atoms with Crippen molar-refractivity contribution in [3.63, 3.8) is 0 Å². The van der Waals surface area contributed by atoms with Crippen molar-refractivity contribution in [2.75, 3.05) is 6.54 Å². The van der Waals surface area contributed by atoms with Gasteiger partial charge in [0.2, 0.25) is 0 Å². The van der Waals surface area contributed by atoms with Gasteiger partial charge in [0.25, 0.3) is 5.91 Å². The molecule has 0 aliphatic carbocycles. The van der Waals surface area contributed by atoms with E-state index >= 15 is 0 Å². The van der Waals surface area contributed by atoms with Gasteiger partial charge in [-0.25, -0.2) is 9.59 Å². The Balaban J connectivity index is 4.45. The molecule has 0 saturated heterocycles. The summed E-state index contributed by atoms with van der Waals surface area (Å²) in [7, 11) is 0. The van der Waals surface area contributed by atoms with Crippen molar-refractivity contribution in [2.24, 2.45) is 0 Å². The number of carbonyl (C=O) groups is 3. The van der Waals surface area contributed by atoms with E-state index in [2.05, 4.69) is 11.9 Å². The van der Waals surface area contributed by atoms with Crippen molar-refractivity contribution in [1.82, 2.24) is 10.2 Å². The molecule has 0 bridgehead atoms. The number of carbonyl (C=O) groups excluding carboxylic acids is 2. The van der Waals surface area contributed by atoms with E-state index in [4.69, 9.17) is 5.11 Å². The third-order valence-electron chi connectivity index (χ3n) is 1.82. The van der Waals surface area contributed by atoms with Crippen LogP contribution < -0.4 is 5.32 Å². The first-order valence-electron chi connectivity index (χ1n) is 5.02. The predicted molar refractivity (Wildman–Crippen MR) is 62.4 cm³/mol. The molecule has 0 aromatic heterocycles. The first-order valence-corrected chi connectivity index (χ1v) is 5.02. The lowest BCUT2D eigenvalue weighted by Gasteiger charge is -2.24. The number of urea groups is 1. The number of carboxylic acid groups (broad SMARTS) is 1. The molecule has 2 N–H and O–H groups in total. The van der Waals surface area contributed by atoms with Crippen LogP contribution in [0.3, 0.4) is 0 Å². The minimum Gasteiger partial charge on any atom is -0.478 e. The van der Waals surface area contributed by atoms with Gasteiger partial charge in [-0.1, -0.05) is 6.08 Å². The molecule has 0 spiro atoms. The number of carboxylic acids is 1. The third kappa shape index (κ3) is 6.14. The summed E-state index contributed by atoms with van der Waals surface area (Å²) < 4.78 is 0. The van der Waals surface area contributed by atoms with Gasteiger partial charge in [-0.15, -0.1) is 6.58 Å². The van der Waals surface area contributed by atoms with Gasteiger partial charge in [-0.3, -0.25) is 10.1 Å². The second-order valence-corrected chi connectivity index (χ2v) is 3.50. The Hall–Kier alpha value is -2.11. The fraction of sp³-hybridized carbons (Fsp3) is 0.364. The van der Waals surface area contributed by atoms with E-state index in [9.17, 15) is 14.4 Å². The molecule has 0 aliphatic rings. The van der Waals surface area contributed by atoms with Crippen LogP contribution in [0.25, 0.3) is 0 Å². The number of hydrogen-bond acceptors (Lipinski definition) is 3. The summed E-state index contributed by atoms with van der Waals surface area (Å²) in [5.74, 6) is -2.02. The molecule has 0 unspecified atom stereocenters. The maximum Gasteiger partial charge on any atom is 0.328 e. The third-order valence-corrected chi connectivity index (χ3v) is 1.82. The fourth-order valence-electron chi connectivity index (χ4n) is 1.03. The van der Waals surface area contributed by atoms with Crippen LogP contribution in [-0.4, -0.2) is 40.5 Å². The van der Waals surface area contributed by atoms with Crippen LogP contribution in [-0.2, 0) is 9.59 Å².